The summed E-state index contributed by atoms with van der Waals surface area (Å²) in [5, 5.41) is 23.8. The Hall–Kier alpha value is -4.35. The van der Waals surface area contributed by atoms with Crippen LogP contribution in [0.3, 0.4) is 0 Å². The summed E-state index contributed by atoms with van der Waals surface area (Å²) in [4.78, 5) is 40.3. The van der Waals surface area contributed by atoms with Gasteiger partial charge in [-0.1, -0.05) is 0 Å². The first-order valence-corrected chi connectivity index (χ1v) is 16.4. The highest BCUT2D eigenvalue weighted by Gasteiger charge is 2.41. The molecule has 0 saturated heterocycles. The van der Waals surface area contributed by atoms with Crippen LogP contribution >= 0.6 is 22.6 Å². The highest BCUT2D eigenvalue weighted by Crippen LogP contribution is 2.37. The number of aldehydes is 1. The Kier molecular flexibility index (Phi) is 13.1. The number of hydrogen-bond donors (Lipinski definition) is 3. The van der Waals surface area contributed by atoms with Crippen LogP contribution in [0, 0.1) is 3.57 Å². The lowest BCUT2D eigenvalue weighted by molar-refractivity contribution is -0.137. The van der Waals surface area contributed by atoms with Crippen molar-refractivity contribution in [3.8, 4) is 23.0 Å². The maximum absolute atomic E-state index is 14.2. The predicted octanol–water partition coefficient (Wildman–Crippen LogP) is 4.45. The van der Waals surface area contributed by atoms with Gasteiger partial charge in [0.25, 0.3) is 5.91 Å². The van der Waals surface area contributed by atoms with Crippen molar-refractivity contribution in [2.75, 3.05) is 41.0 Å². The van der Waals surface area contributed by atoms with Gasteiger partial charge in [-0.3, -0.25) is 14.4 Å². The first-order valence-electron chi connectivity index (χ1n) is 15.3. The third-order valence-electron chi connectivity index (χ3n) is 8.09. The molecule has 0 fully saturated rings. The molecule has 3 N–H and O–H groups in total. The molecule has 3 aromatic carbocycles. The van der Waals surface area contributed by atoms with E-state index in [-0.39, 0.29) is 55.2 Å². The molecule has 11 nitrogen and oxygen atoms in total. The Labute approximate surface area is 300 Å². The zero-order chi connectivity index (χ0) is 36.6. The maximum atomic E-state index is 14.2. The summed E-state index contributed by atoms with van der Waals surface area (Å²) in [5.41, 5.74) is 0.0498. The molecule has 50 heavy (non-hydrogen) atoms. The van der Waals surface area contributed by atoms with Crippen LogP contribution in [0.1, 0.15) is 38.3 Å². The number of ether oxygens (including phenoxy) is 4. The van der Waals surface area contributed by atoms with Gasteiger partial charge in [0.05, 0.1) is 43.1 Å². The summed E-state index contributed by atoms with van der Waals surface area (Å²) in [5.74, 6) is 0.0548. The number of aliphatic hydroxyl groups is 2. The highest BCUT2D eigenvalue weighted by molar-refractivity contribution is 14.1. The zero-order valence-corrected chi connectivity index (χ0v) is 29.5. The predicted molar refractivity (Wildman–Crippen MR) is 184 cm³/mol. The highest BCUT2D eigenvalue weighted by atomic mass is 127. The molecule has 2 amide bonds. The van der Waals surface area contributed by atoms with E-state index in [0.717, 1.165) is 24.3 Å². The van der Waals surface area contributed by atoms with Crippen molar-refractivity contribution in [2.45, 2.75) is 37.3 Å². The molecule has 268 valence electrons. The lowest BCUT2D eigenvalue weighted by Gasteiger charge is -2.41. The van der Waals surface area contributed by atoms with E-state index in [1.54, 1.807) is 24.3 Å². The monoisotopic (exact) mass is 812 g/mol. The molecule has 0 heterocycles. The number of halogens is 4. The van der Waals surface area contributed by atoms with Crippen molar-refractivity contribution >= 4 is 40.7 Å². The third kappa shape index (κ3) is 9.05. The number of hydrogen-bond acceptors (Lipinski definition) is 9. The minimum atomic E-state index is -4.63. The number of nitrogens with one attached hydrogen (secondary N) is 1. The molecule has 3 atom stereocenters. The molecular weight excluding hydrogens is 776 g/mol. The average Bonchev–Trinajstić information content (AvgIpc) is 3.11. The Morgan fingerprint density at radius 1 is 1.02 bits per heavy atom. The minimum Gasteiger partial charge on any atom is -0.497 e. The summed E-state index contributed by atoms with van der Waals surface area (Å²) in [7, 11) is 4.33. The molecule has 15 heteroatoms. The topological polar surface area (TPSA) is 144 Å². The van der Waals surface area contributed by atoms with E-state index in [9.17, 15) is 37.8 Å². The second-order valence-corrected chi connectivity index (χ2v) is 12.3. The lowest BCUT2D eigenvalue weighted by Crippen LogP contribution is -2.55. The van der Waals surface area contributed by atoms with Gasteiger partial charge >= 0.3 is 6.18 Å². The van der Waals surface area contributed by atoms with Gasteiger partial charge in [0.15, 0.2) is 11.5 Å². The third-order valence-corrected chi connectivity index (χ3v) is 8.89. The van der Waals surface area contributed by atoms with Gasteiger partial charge in [-0.2, -0.15) is 13.2 Å². The van der Waals surface area contributed by atoms with Crippen molar-refractivity contribution in [2.24, 2.45) is 0 Å². The Morgan fingerprint density at radius 2 is 1.72 bits per heavy atom. The molecule has 0 aliphatic heterocycles. The van der Waals surface area contributed by atoms with Gasteiger partial charge in [-0.25, -0.2) is 0 Å². The van der Waals surface area contributed by atoms with Crippen molar-refractivity contribution in [3.05, 3.63) is 92.1 Å². The van der Waals surface area contributed by atoms with Gasteiger partial charge < -0.3 is 39.4 Å². The Bertz CT molecular complexity index is 1720. The van der Waals surface area contributed by atoms with E-state index in [0.29, 0.717) is 32.5 Å². The van der Waals surface area contributed by atoms with Gasteiger partial charge in [-0.05, 0) is 95.2 Å². The quantitative estimate of drug-likeness (QED) is 0.159. The molecule has 3 aromatic rings. The first-order chi connectivity index (χ1) is 23.8. The minimum absolute atomic E-state index is 0.0712. The van der Waals surface area contributed by atoms with Gasteiger partial charge in [0.2, 0.25) is 5.91 Å². The SMILES string of the molecule is COc1ccc(OC)c(CCN(C(=O)c2ccc(C(F)(F)F)cc2)C2CC(C(=O)NCCO)=CC(Oc3c(I)cc(C=O)cc3OC)C2O)c1. The summed E-state index contributed by atoms with van der Waals surface area (Å²) in [6.07, 6.45) is -5.31. The number of carbonyl (C=O) groups excluding carboxylic acids is 3. The average molecular weight is 813 g/mol. The standard InChI is InChI=1S/C35H36F3IN2O9/c1-47-25-8-9-28(48-2)22(16-25)10-12-41(34(46)21-4-6-24(7-5-21)35(36,37)38)27-17-23(33(45)40-11-13-42)18-29(31(27)44)50-32-26(39)14-20(19-43)15-30(32)49-3/h4-9,14-16,18-19,27,29,31,42,44H,10-13,17H2,1-3H3,(H,40,45). The van der Waals surface area contributed by atoms with Gasteiger partial charge in [-0.15, -0.1) is 0 Å². The van der Waals surface area contributed by atoms with Crippen LogP contribution in [0.25, 0.3) is 0 Å². The van der Waals surface area contributed by atoms with E-state index >= 15 is 0 Å². The van der Waals surface area contributed by atoms with Crippen LogP contribution in [0.15, 0.2) is 66.2 Å². The van der Waals surface area contributed by atoms with E-state index in [1.165, 1.54) is 38.4 Å². The van der Waals surface area contributed by atoms with Crippen molar-refractivity contribution in [1.29, 1.82) is 0 Å². The molecular formula is C35H36F3IN2O9. The van der Waals surface area contributed by atoms with Crippen molar-refractivity contribution in [3.63, 3.8) is 0 Å². The molecule has 3 unspecified atom stereocenters. The fraction of sp³-hybridized carbons (Fsp3) is 0.343. The number of nitrogens with zero attached hydrogens (tertiary/aromatic N) is 1. The number of amides is 2. The molecule has 1 aliphatic carbocycles. The van der Waals surface area contributed by atoms with Crippen molar-refractivity contribution < 1.29 is 56.7 Å². The molecule has 0 aromatic heterocycles. The molecule has 0 spiro atoms. The Morgan fingerprint density at radius 3 is 2.32 bits per heavy atom. The summed E-state index contributed by atoms with van der Waals surface area (Å²) in [6, 6.07) is 10.6. The van der Waals surface area contributed by atoms with Crippen LogP contribution in [0.2, 0.25) is 0 Å². The number of rotatable bonds is 14. The largest absolute Gasteiger partial charge is 0.497 e. The van der Waals surface area contributed by atoms with Crippen LogP contribution in [-0.2, 0) is 17.4 Å². The number of aliphatic hydroxyl groups excluding tert-OH is 2. The number of benzene rings is 3. The van der Waals surface area contributed by atoms with Crippen LogP contribution in [0.4, 0.5) is 13.2 Å². The normalized spacial score (nSPS) is 17.3. The molecule has 4 rings (SSSR count). The number of methoxy groups -OCH3 is 3. The fourth-order valence-electron chi connectivity index (χ4n) is 5.54. The lowest BCUT2D eigenvalue weighted by atomic mass is 9.87. The molecule has 0 saturated carbocycles. The fourth-order valence-corrected chi connectivity index (χ4v) is 6.29. The number of carbonyl (C=O) groups is 3. The van der Waals surface area contributed by atoms with Crippen molar-refractivity contribution in [1.82, 2.24) is 10.2 Å². The molecule has 0 bridgehead atoms. The number of alkyl halides is 3. The summed E-state index contributed by atoms with van der Waals surface area (Å²) in [6.45, 7) is -0.486. The van der Waals surface area contributed by atoms with Gasteiger partial charge in [0.1, 0.15) is 30.0 Å². The van der Waals surface area contributed by atoms with E-state index in [2.05, 4.69) is 5.32 Å². The van der Waals surface area contributed by atoms with Crippen LogP contribution in [-0.4, -0.2) is 92.5 Å². The van der Waals surface area contributed by atoms with Crippen LogP contribution in [0.5, 0.6) is 23.0 Å². The van der Waals surface area contributed by atoms with Gasteiger partial charge in [0, 0.05) is 36.2 Å². The first kappa shape index (κ1) is 38.5. The molecule has 1 aliphatic rings. The van der Waals surface area contributed by atoms with E-state index in [4.69, 9.17) is 18.9 Å². The molecule has 0 radical (unpaired) electrons. The van der Waals surface area contributed by atoms with E-state index < -0.39 is 41.8 Å². The summed E-state index contributed by atoms with van der Waals surface area (Å²) < 4.78 is 63.1. The Balaban J connectivity index is 1.80. The van der Waals surface area contributed by atoms with E-state index in [1.807, 2.05) is 22.6 Å². The zero-order valence-electron chi connectivity index (χ0n) is 27.3. The smallest absolute Gasteiger partial charge is 0.416 e. The summed E-state index contributed by atoms with van der Waals surface area (Å²) >= 11 is 1.94. The second kappa shape index (κ2) is 17.0. The van der Waals surface area contributed by atoms with Crippen LogP contribution < -0.4 is 24.3 Å². The second-order valence-electron chi connectivity index (χ2n) is 11.2. The maximum Gasteiger partial charge on any atom is 0.416 e.